The fourth-order valence-corrected chi connectivity index (χ4v) is 3.37. The molecule has 1 aliphatic rings. The third-order valence-electron chi connectivity index (χ3n) is 4.82. The number of fused-ring (bicyclic) bond motifs is 1. The molecular weight excluding hydrogens is 288 g/mol. The molecule has 4 heteroatoms. The van der Waals surface area contributed by atoms with E-state index in [1.807, 2.05) is 42.5 Å². The van der Waals surface area contributed by atoms with Gasteiger partial charge in [0.05, 0.1) is 6.10 Å². The smallest absolute Gasteiger partial charge is 0.220 e. The SMILES string of the molecule is N[C@@H]1CCC[C@H]1CC(=O)NCC(O)c1ccc2ccccc2c1. The highest BCUT2D eigenvalue weighted by Crippen LogP contribution is 2.26. The van der Waals surface area contributed by atoms with Gasteiger partial charge in [-0.25, -0.2) is 0 Å². The number of carbonyl (C=O) groups excluding carboxylic acids is 1. The highest BCUT2D eigenvalue weighted by Gasteiger charge is 2.26. The van der Waals surface area contributed by atoms with Crippen molar-refractivity contribution < 1.29 is 9.90 Å². The first-order chi connectivity index (χ1) is 11.1. The first-order valence-electron chi connectivity index (χ1n) is 8.32. The third-order valence-corrected chi connectivity index (χ3v) is 4.82. The molecule has 122 valence electrons. The molecule has 4 nitrogen and oxygen atoms in total. The predicted molar refractivity (Wildman–Crippen MR) is 91.9 cm³/mol. The number of benzene rings is 2. The summed E-state index contributed by atoms with van der Waals surface area (Å²) < 4.78 is 0. The molecule has 23 heavy (non-hydrogen) atoms. The minimum absolute atomic E-state index is 0.0211. The van der Waals surface area contributed by atoms with Crippen molar-refractivity contribution >= 4 is 16.7 Å². The second-order valence-electron chi connectivity index (χ2n) is 6.49. The Hall–Kier alpha value is -1.91. The minimum Gasteiger partial charge on any atom is -0.387 e. The lowest BCUT2D eigenvalue weighted by molar-refractivity contribution is -0.122. The number of nitrogens with two attached hydrogens (primary N) is 1. The quantitative estimate of drug-likeness (QED) is 0.794. The molecular formula is C19H24N2O2. The van der Waals surface area contributed by atoms with Crippen LogP contribution in [0.4, 0.5) is 0 Å². The average Bonchev–Trinajstić information content (AvgIpc) is 2.97. The van der Waals surface area contributed by atoms with Crippen LogP contribution in [0.25, 0.3) is 10.8 Å². The van der Waals surface area contributed by atoms with E-state index >= 15 is 0 Å². The summed E-state index contributed by atoms with van der Waals surface area (Å²) in [6.45, 7) is 0.235. The van der Waals surface area contributed by atoms with Crippen molar-refractivity contribution in [2.24, 2.45) is 11.7 Å². The van der Waals surface area contributed by atoms with Crippen molar-refractivity contribution in [1.82, 2.24) is 5.32 Å². The van der Waals surface area contributed by atoms with E-state index in [9.17, 15) is 9.90 Å². The van der Waals surface area contributed by atoms with Crippen molar-refractivity contribution in [1.29, 1.82) is 0 Å². The van der Waals surface area contributed by atoms with Gasteiger partial charge >= 0.3 is 0 Å². The Labute approximate surface area is 136 Å². The van der Waals surface area contributed by atoms with E-state index in [4.69, 9.17) is 5.73 Å². The molecule has 2 aromatic rings. The third kappa shape index (κ3) is 3.89. The van der Waals surface area contributed by atoms with Gasteiger partial charge in [0.1, 0.15) is 0 Å². The van der Waals surface area contributed by atoms with E-state index < -0.39 is 6.10 Å². The van der Waals surface area contributed by atoms with Crippen LogP contribution in [0.5, 0.6) is 0 Å². The van der Waals surface area contributed by atoms with Gasteiger partial charge in [-0.05, 0) is 41.2 Å². The molecule has 1 fully saturated rings. The van der Waals surface area contributed by atoms with Gasteiger partial charge in [0.15, 0.2) is 0 Å². The largest absolute Gasteiger partial charge is 0.387 e. The summed E-state index contributed by atoms with van der Waals surface area (Å²) in [5.41, 5.74) is 6.82. The Morgan fingerprint density at radius 2 is 2.00 bits per heavy atom. The molecule has 1 unspecified atom stereocenters. The summed E-state index contributed by atoms with van der Waals surface area (Å²) in [4.78, 5) is 12.0. The van der Waals surface area contributed by atoms with E-state index in [2.05, 4.69) is 5.32 Å². The molecule has 0 radical (unpaired) electrons. The number of aliphatic hydroxyl groups is 1. The lowest BCUT2D eigenvalue weighted by Gasteiger charge is -2.17. The zero-order chi connectivity index (χ0) is 16.2. The lowest BCUT2D eigenvalue weighted by Crippen LogP contribution is -2.33. The number of carbonyl (C=O) groups is 1. The molecule has 0 heterocycles. The van der Waals surface area contributed by atoms with E-state index in [0.29, 0.717) is 6.42 Å². The van der Waals surface area contributed by atoms with Gasteiger partial charge in [-0.2, -0.15) is 0 Å². The molecule has 1 aliphatic carbocycles. The molecule has 0 spiro atoms. The highest BCUT2D eigenvalue weighted by molar-refractivity contribution is 5.83. The summed E-state index contributed by atoms with van der Waals surface area (Å²) in [6.07, 6.45) is 2.92. The van der Waals surface area contributed by atoms with Crippen LogP contribution >= 0.6 is 0 Å². The Balaban J connectivity index is 1.55. The van der Waals surface area contributed by atoms with Crippen LogP contribution in [0, 0.1) is 5.92 Å². The summed E-state index contributed by atoms with van der Waals surface area (Å²) in [5.74, 6) is 0.264. The normalized spacial score (nSPS) is 22.2. The maximum atomic E-state index is 12.0. The van der Waals surface area contributed by atoms with Crippen molar-refractivity contribution in [3.63, 3.8) is 0 Å². The van der Waals surface area contributed by atoms with Gasteiger partial charge in [-0.15, -0.1) is 0 Å². The number of rotatable bonds is 5. The van der Waals surface area contributed by atoms with E-state index in [1.54, 1.807) is 0 Å². The lowest BCUT2D eigenvalue weighted by atomic mass is 9.99. The Morgan fingerprint density at radius 1 is 1.22 bits per heavy atom. The average molecular weight is 312 g/mol. The maximum absolute atomic E-state index is 12.0. The van der Waals surface area contributed by atoms with E-state index in [1.165, 1.54) is 0 Å². The van der Waals surface area contributed by atoms with Gasteiger partial charge in [-0.1, -0.05) is 42.8 Å². The number of hydrogen-bond donors (Lipinski definition) is 3. The molecule has 0 bridgehead atoms. The van der Waals surface area contributed by atoms with E-state index in [0.717, 1.165) is 35.6 Å². The highest BCUT2D eigenvalue weighted by atomic mass is 16.3. The van der Waals surface area contributed by atoms with Gasteiger partial charge in [0.2, 0.25) is 5.91 Å². The summed E-state index contributed by atoms with van der Waals surface area (Å²) in [5, 5.41) is 15.4. The zero-order valence-corrected chi connectivity index (χ0v) is 13.2. The number of amides is 1. The second kappa shape index (κ2) is 7.11. The summed E-state index contributed by atoms with van der Waals surface area (Å²) in [7, 11) is 0. The monoisotopic (exact) mass is 312 g/mol. The molecule has 3 atom stereocenters. The Bertz CT molecular complexity index is 686. The van der Waals surface area contributed by atoms with Crippen molar-refractivity contribution in [3.8, 4) is 0 Å². The number of aliphatic hydroxyl groups excluding tert-OH is 1. The first-order valence-corrected chi connectivity index (χ1v) is 8.32. The molecule has 3 rings (SSSR count). The fourth-order valence-electron chi connectivity index (χ4n) is 3.37. The minimum atomic E-state index is -0.694. The van der Waals surface area contributed by atoms with Crippen molar-refractivity contribution in [2.75, 3.05) is 6.54 Å². The van der Waals surface area contributed by atoms with Gasteiger partial charge < -0.3 is 16.2 Å². The second-order valence-corrected chi connectivity index (χ2v) is 6.49. The Kier molecular flexibility index (Phi) is 4.94. The molecule has 1 saturated carbocycles. The van der Waals surface area contributed by atoms with Crippen LogP contribution in [0.2, 0.25) is 0 Å². The summed E-state index contributed by atoms with van der Waals surface area (Å²) in [6, 6.07) is 14.0. The fraction of sp³-hybridized carbons (Fsp3) is 0.421. The number of nitrogens with one attached hydrogen (secondary N) is 1. The van der Waals surface area contributed by atoms with Crippen LogP contribution in [-0.4, -0.2) is 23.6 Å². The van der Waals surface area contributed by atoms with Crippen LogP contribution in [-0.2, 0) is 4.79 Å². The van der Waals surface area contributed by atoms with Gasteiger partial charge in [0, 0.05) is 19.0 Å². The predicted octanol–water partition coefficient (Wildman–Crippen LogP) is 2.51. The molecule has 0 aliphatic heterocycles. The molecule has 0 saturated heterocycles. The van der Waals surface area contributed by atoms with Crippen LogP contribution in [0.15, 0.2) is 42.5 Å². The number of hydrogen-bond acceptors (Lipinski definition) is 3. The molecule has 1 amide bonds. The molecule has 4 N–H and O–H groups in total. The van der Waals surface area contributed by atoms with Crippen LogP contribution in [0.1, 0.15) is 37.4 Å². The topological polar surface area (TPSA) is 75.4 Å². The van der Waals surface area contributed by atoms with E-state index in [-0.39, 0.29) is 24.4 Å². The standard InChI is InChI=1S/C19H24N2O2/c20-17-7-3-6-15(17)11-19(23)21-12-18(22)16-9-8-13-4-1-2-5-14(13)10-16/h1-2,4-5,8-10,15,17-18,22H,3,6-7,11-12,20H2,(H,21,23)/t15-,17+,18?/m0/s1. The Morgan fingerprint density at radius 3 is 2.74 bits per heavy atom. The van der Waals surface area contributed by atoms with Crippen LogP contribution < -0.4 is 11.1 Å². The van der Waals surface area contributed by atoms with Gasteiger partial charge in [-0.3, -0.25) is 4.79 Å². The van der Waals surface area contributed by atoms with Crippen LogP contribution in [0.3, 0.4) is 0 Å². The maximum Gasteiger partial charge on any atom is 0.220 e. The molecule has 0 aromatic heterocycles. The van der Waals surface area contributed by atoms with Gasteiger partial charge in [0.25, 0.3) is 0 Å². The van der Waals surface area contributed by atoms with Crippen molar-refractivity contribution in [3.05, 3.63) is 48.0 Å². The first kappa shape index (κ1) is 16.0. The summed E-state index contributed by atoms with van der Waals surface area (Å²) >= 11 is 0. The molecule has 2 aromatic carbocycles. The van der Waals surface area contributed by atoms with Crippen molar-refractivity contribution in [2.45, 2.75) is 37.8 Å². The zero-order valence-electron chi connectivity index (χ0n) is 13.2.